The second kappa shape index (κ2) is 5.33. The Morgan fingerprint density at radius 2 is 2.05 bits per heavy atom. The molecule has 0 saturated carbocycles. The molecule has 19 heavy (non-hydrogen) atoms. The van der Waals surface area contributed by atoms with E-state index in [4.69, 9.17) is 0 Å². The highest BCUT2D eigenvalue weighted by atomic mass is 16.2. The van der Waals surface area contributed by atoms with Crippen LogP contribution in [0.3, 0.4) is 0 Å². The fourth-order valence-corrected chi connectivity index (χ4v) is 2.90. The summed E-state index contributed by atoms with van der Waals surface area (Å²) in [6, 6.07) is 8.55. The van der Waals surface area contributed by atoms with E-state index in [1.807, 2.05) is 30.9 Å². The molecule has 1 aromatic rings. The van der Waals surface area contributed by atoms with Crippen LogP contribution >= 0.6 is 0 Å². The third kappa shape index (κ3) is 2.81. The molecule has 1 N–H and O–H groups in total. The number of aryl methyl sites for hydroxylation is 1. The normalized spacial score (nSPS) is 20.4. The van der Waals surface area contributed by atoms with Crippen LogP contribution in [0.4, 0.5) is 0 Å². The van der Waals surface area contributed by atoms with Crippen molar-refractivity contribution in [3.05, 3.63) is 35.4 Å². The second-order valence-electron chi connectivity index (χ2n) is 6.05. The van der Waals surface area contributed by atoms with Crippen molar-refractivity contribution in [3.63, 3.8) is 0 Å². The number of hydrogen-bond acceptors (Lipinski definition) is 2. The van der Waals surface area contributed by atoms with Gasteiger partial charge in [-0.2, -0.15) is 0 Å². The van der Waals surface area contributed by atoms with Gasteiger partial charge in [-0.15, -0.1) is 0 Å². The van der Waals surface area contributed by atoms with E-state index < -0.39 is 5.41 Å². The molecule has 1 aromatic carbocycles. The molecule has 1 fully saturated rings. The van der Waals surface area contributed by atoms with Gasteiger partial charge < -0.3 is 10.2 Å². The lowest BCUT2D eigenvalue weighted by Crippen LogP contribution is -2.55. The molecule has 1 amide bonds. The van der Waals surface area contributed by atoms with Crippen molar-refractivity contribution >= 4 is 5.91 Å². The molecule has 0 aromatic heterocycles. The summed E-state index contributed by atoms with van der Waals surface area (Å²) in [6.07, 6.45) is 0. The summed E-state index contributed by atoms with van der Waals surface area (Å²) in [6.45, 7) is 10.8. The Labute approximate surface area is 116 Å². The molecule has 1 saturated heterocycles. The first-order chi connectivity index (χ1) is 8.93. The molecule has 3 heteroatoms. The minimum absolute atomic E-state index is 0.232. The monoisotopic (exact) mass is 260 g/mol. The zero-order valence-electron chi connectivity index (χ0n) is 12.4. The molecule has 104 valence electrons. The van der Waals surface area contributed by atoms with Gasteiger partial charge in [-0.25, -0.2) is 0 Å². The first kappa shape index (κ1) is 14.1. The van der Waals surface area contributed by atoms with E-state index in [2.05, 4.69) is 31.3 Å². The van der Waals surface area contributed by atoms with Crippen molar-refractivity contribution in [1.82, 2.24) is 10.2 Å². The van der Waals surface area contributed by atoms with Crippen LogP contribution in [0.25, 0.3) is 0 Å². The highest BCUT2D eigenvalue weighted by Crippen LogP contribution is 2.28. The average molecular weight is 260 g/mol. The van der Waals surface area contributed by atoms with Crippen molar-refractivity contribution in [2.75, 3.05) is 19.6 Å². The number of hydrogen-bond donors (Lipinski definition) is 1. The maximum absolute atomic E-state index is 12.8. The molecular formula is C16H24N2O. The Bertz CT molecular complexity index is 468. The summed E-state index contributed by atoms with van der Waals surface area (Å²) in [4.78, 5) is 14.8. The predicted octanol–water partition coefficient (Wildman–Crippen LogP) is 2.09. The van der Waals surface area contributed by atoms with Gasteiger partial charge in [0.1, 0.15) is 0 Å². The van der Waals surface area contributed by atoms with E-state index in [-0.39, 0.29) is 5.91 Å². The summed E-state index contributed by atoms with van der Waals surface area (Å²) >= 11 is 0. The second-order valence-corrected chi connectivity index (χ2v) is 6.05. The molecule has 1 aliphatic rings. The molecular weight excluding hydrogens is 236 g/mol. The number of carbonyl (C=O) groups is 1. The number of carbonyl (C=O) groups excluding carboxylic acids is 1. The third-order valence-electron chi connectivity index (χ3n) is 4.01. The van der Waals surface area contributed by atoms with Gasteiger partial charge in [0, 0.05) is 25.7 Å². The average Bonchev–Trinajstić information content (AvgIpc) is 2.38. The molecule has 0 spiro atoms. The van der Waals surface area contributed by atoms with Crippen LogP contribution < -0.4 is 5.32 Å². The van der Waals surface area contributed by atoms with E-state index in [0.29, 0.717) is 6.04 Å². The number of amides is 1. The Morgan fingerprint density at radius 3 is 2.68 bits per heavy atom. The first-order valence-corrected chi connectivity index (χ1v) is 7.02. The smallest absolute Gasteiger partial charge is 0.232 e. The van der Waals surface area contributed by atoms with Gasteiger partial charge >= 0.3 is 0 Å². The number of benzene rings is 1. The zero-order valence-corrected chi connectivity index (χ0v) is 12.4. The predicted molar refractivity (Wildman–Crippen MR) is 78.2 cm³/mol. The quantitative estimate of drug-likeness (QED) is 0.883. The Hall–Kier alpha value is -1.35. The van der Waals surface area contributed by atoms with Gasteiger partial charge in [0.15, 0.2) is 0 Å². The third-order valence-corrected chi connectivity index (χ3v) is 4.01. The van der Waals surface area contributed by atoms with Crippen molar-refractivity contribution in [2.45, 2.75) is 39.2 Å². The van der Waals surface area contributed by atoms with Gasteiger partial charge in [0.2, 0.25) is 5.91 Å². The highest BCUT2D eigenvalue weighted by Gasteiger charge is 2.35. The van der Waals surface area contributed by atoms with Gasteiger partial charge in [-0.1, -0.05) is 24.3 Å². The number of piperazine rings is 1. The van der Waals surface area contributed by atoms with Crippen LogP contribution in [0, 0.1) is 6.92 Å². The van der Waals surface area contributed by atoms with Gasteiger partial charge in [-0.3, -0.25) is 4.79 Å². The van der Waals surface area contributed by atoms with E-state index in [1.165, 1.54) is 5.56 Å². The van der Waals surface area contributed by atoms with Crippen LogP contribution in [0.2, 0.25) is 0 Å². The topological polar surface area (TPSA) is 32.3 Å². The first-order valence-electron chi connectivity index (χ1n) is 7.02. The summed E-state index contributed by atoms with van der Waals surface area (Å²) in [5.41, 5.74) is 1.86. The molecule has 0 radical (unpaired) electrons. The van der Waals surface area contributed by atoms with Crippen molar-refractivity contribution < 1.29 is 4.79 Å². The Kier molecular flexibility index (Phi) is 3.95. The molecule has 1 unspecified atom stereocenters. The van der Waals surface area contributed by atoms with E-state index >= 15 is 0 Å². The van der Waals surface area contributed by atoms with E-state index in [0.717, 1.165) is 25.2 Å². The van der Waals surface area contributed by atoms with Crippen molar-refractivity contribution in [3.8, 4) is 0 Å². The highest BCUT2D eigenvalue weighted by molar-refractivity contribution is 5.88. The zero-order chi connectivity index (χ0) is 14.0. The minimum Gasteiger partial charge on any atom is -0.339 e. The fourth-order valence-electron chi connectivity index (χ4n) is 2.90. The van der Waals surface area contributed by atoms with Crippen LogP contribution in [-0.4, -0.2) is 36.5 Å². The minimum atomic E-state index is -0.456. The van der Waals surface area contributed by atoms with Crippen LogP contribution in [0.1, 0.15) is 31.9 Å². The maximum Gasteiger partial charge on any atom is 0.232 e. The molecule has 1 heterocycles. The van der Waals surface area contributed by atoms with Crippen LogP contribution in [-0.2, 0) is 10.2 Å². The fraction of sp³-hybridized carbons (Fsp3) is 0.562. The SMILES string of the molecule is Cc1ccccc1C(C)(C)C(=O)N1CCNC(C)C1. The summed E-state index contributed by atoms with van der Waals surface area (Å²) in [7, 11) is 0. The summed E-state index contributed by atoms with van der Waals surface area (Å²) in [5.74, 6) is 0.232. The number of nitrogens with one attached hydrogen (secondary N) is 1. The molecule has 1 aliphatic heterocycles. The van der Waals surface area contributed by atoms with Gasteiger partial charge in [0.25, 0.3) is 0 Å². The van der Waals surface area contributed by atoms with Crippen LogP contribution in [0.15, 0.2) is 24.3 Å². The van der Waals surface area contributed by atoms with Crippen molar-refractivity contribution in [1.29, 1.82) is 0 Å². The van der Waals surface area contributed by atoms with E-state index in [1.54, 1.807) is 0 Å². The van der Waals surface area contributed by atoms with Crippen molar-refractivity contribution in [2.24, 2.45) is 0 Å². The number of rotatable bonds is 2. The molecule has 0 aliphatic carbocycles. The molecule has 2 rings (SSSR count). The van der Waals surface area contributed by atoms with Crippen LogP contribution in [0.5, 0.6) is 0 Å². The van der Waals surface area contributed by atoms with Gasteiger partial charge in [0.05, 0.1) is 5.41 Å². The number of nitrogens with zero attached hydrogens (tertiary/aromatic N) is 1. The maximum atomic E-state index is 12.8. The lowest BCUT2D eigenvalue weighted by Gasteiger charge is -2.37. The summed E-state index contributed by atoms with van der Waals surface area (Å²) in [5, 5.41) is 3.38. The largest absolute Gasteiger partial charge is 0.339 e. The molecule has 0 bridgehead atoms. The molecule has 3 nitrogen and oxygen atoms in total. The Morgan fingerprint density at radius 1 is 1.37 bits per heavy atom. The van der Waals surface area contributed by atoms with Gasteiger partial charge in [-0.05, 0) is 38.8 Å². The van der Waals surface area contributed by atoms with E-state index in [9.17, 15) is 4.79 Å². The molecule has 1 atom stereocenters. The lowest BCUT2D eigenvalue weighted by molar-refractivity contribution is -0.137. The Balaban J connectivity index is 2.24. The lowest BCUT2D eigenvalue weighted by atomic mass is 9.80. The summed E-state index contributed by atoms with van der Waals surface area (Å²) < 4.78 is 0. The standard InChI is InChI=1S/C16H24N2O/c1-12-7-5-6-8-14(12)16(3,4)15(19)18-10-9-17-13(2)11-18/h5-8,13,17H,9-11H2,1-4H3.